The van der Waals surface area contributed by atoms with Crippen molar-refractivity contribution >= 4 is 34.5 Å². The Morgan fingerprint density at radius 3 is 2.92 bits per heavy atom. The maximum absolute atomic E-state index is 13.5. The van der Waals surface area contributed by atoms with Crippen molar-refractivity contribution in [2.45, 2.75) is 32.7 Å². The minimum Gasteiger partial charge on any atom is -0.477 e. The highest BCUT2D eigenvalue weighted by Crippen LogP contribution is 2.31. The van der Waals surface area contributed by atoms with E-state index in [2.05, 4.69) is 31.9 Å². The molecule has 2 N–H and O–H groups in total. The number of para-hydroxylation sites is 1. The second-order valence-electron chi connectivity index (χ2n) is 9.88. The number of nitrogens with one attached hydrogen (secondary N) is 2. The Bertz CT molecular complexity index is 1570. The largest absolute Gasteiger partial charge is 0.477 e. The van der Waals surface area contributed by atoms with Gasteiger partial charge in [0.05, 0.1) is 40.8 Å². The molecule has 0 radical (unpaired) electrons. The Kier molecular flexibility index (Phi) is 7.81. The summed E-state index contributed by atoms with van der Waals surface area (Å²) in [7, 11) is 3.58. The lowest BCUT2D eigenvalue weighted by molar-refractivity contribution is -0.124. The molecule has 11 heteroatoms. The number of benzene rings is 1. The number of aromatic nitrogens is 5. The van der Waals surface area contributed by atoms with Crippen LogP contribution in [-0.4, -0.2) is 67.8 Å². The molecule has 1 aliphatic heterocycles. The van der Waals surface area contributed by atoms with Gasteiger partial charge in [0, 0.05) is 45.0 Å². The van der Waals surface area contributed by atoms with Crippen LogP contribution in [0.4, 0.5) is 11.6 Å². The third kappa shape index (κ3) is 5.54. The average molecular weight is 543 g/mol. The molecule has 2 bridgehead atoms. The summed E-state index contributed by atoms with van der Waals surface area (Å²) < 4.78 is 9.88. The van der Waals surface area contributed by atoms with Crippen molar-refractivity contribution in [1.82, 2.24) is 29.2 Å². The molecule has 4 aromatic rings. The van der Waals surface area contributed by atoms with Crippen LogP contribution in [0.15, 0.2) is 49.2 Å². The van der Waals surface area contributed by atoms with Gasteiger partial charge in [-0.25, -0.2) is 9.67 Å². The van der Waals surface area contributed by atoms with E-state index in [0.29, 0.717) is 55.0 Å². The van der Waals surface area contributed by atoms with E-state index in [1.54, 1.807) is 35.0 Å². The Hall–Kier alpha value is -4.67. The van der Waals surface area contributed by atoms with Crippen LogP contribution in [0.5, 0.6) is 5.88 Å². The SMILES string of the molecule is C=CC(=O)N(C)CCNc1cccc2nc3n(c12)CCCCCOc1c(cnn1C)-c1cc(cc(C)n1)C(=O)N3. The van der Waals surface area contributed by atoms with Crippen molar-refractivity contribution in [3.05, 3.63) is 60.4 Å². The molecule has 5 rings (SSSR count). The van der Waals surface area contributed by atoms with Crippen LogP contribution in [0.3, 0.4) is 0 Å². The number of fused-ring (bicyclic) bond motifs is 7. The number of carbonyl (C=O) groups is 2. The molecule has 0 unspecified atom stereocenters. The number of rotatable bonds is 5. The summed E-state index contributed by atoms with van der Waals surface area (Å²) in [5, 5.41) is 10.9. The van der Waals surface area contributed by atoms with Crippen molar-refractivity contribution in [1.29, 1.82) is 0 Å². The summed E-state index contributed by atoms with van der Waals surface area (Å²) in [6.45, 7) is 7.68. The van der Waals surface area contributed by atoms with Crippen LogP contribution in [0, 0.1) is 6.92 Å². The van der Waals surface area contributed by atoms with Gasteiger partial charge in [0.2, 0.25) is 17.7 Å². The van der Waals surface area contributed by atoms with Crippen LogP contribution in [-0.2, 0) is 18.4 Å². The first-order valence-electron chi connectivity index (χ1n) is 13.4. The third-order valence-corrected chi connectivity index (χ3v) is 6.95. The van der Waals surface area contributed by atoms with Gasteiger partial charge in [0.1, 0.15) is 0 Å². The highest BCUT2D eigenvalue weighted by atomic mass is 16.5. The average Bonchev–Trinajstić information content (AvgIpc) is 3.49. The van der Waals surface area contributed by atoms with Gasteiger partial charge in [-0.05, 0) is 56.5 Å². The summed E-state index contributed by atoms with van der Waals surface area (Å²) in [6, 6.07) is 9.37. The van der Waals surface area contributed by atoms with Crippen molar-refractivity contribution < 1.29 is 14.3 Å². The van der Waals surface area contributed by atoms with E-state index in [4.69, 9.17) is 9.72 Å². The maximum atomic E-state index is 13.5. The van der Waals surface area contributed by atoms with Crippen LogP contribution < -0.4 is 15.4 Å². The Balaban J connectivity index is 1.50. The predicted molar refractivity (Wildman–Crippen MR) is 155 cm³/mol. The predicted octanol–water partition coefficient (Wildman–Crippen LogP) is 4.01. The fraction of sp³-hybridized carbons (Fsp3) is 0.345. The van der Waals surface area contributed by atoms with Crippen molar-refractivity contribution in [3.63, 3.8) is 0 Å². The molecule has 208 valence electrons. The first-order chi connectivity index (χ1) is 19.4. The van der Waals surface area contributed by atoms with E-state index in [0.717, 1.165) is 41.5 Å². The minimum atomic E-state index is -0.274. The van der Waals surface area contributed by atoms with Gasteiger partial charge in [-0.2, -0.15) is 5.10 Å². The van der Waals surface area contributed by atoms with Crippen LogP contribution in [0.1, 0.15) is 35.3 Å². The van der Waals surface area contributed by atoms with Gasteiger partial charge < -0.3 is 19.5 Å². The lowest BCUT2D eigenvalue weighted by atomic mass is 10.1. The summed E-state index contributed by atoms with van der Waals surface area (Å²) in [4.78, 5) is 36.5. The third-order valence-electron chi connectivity index (χ3n) is 6.95. The monoisotopic (exact) mass is 542 g/mol. The molecule has 2 amide bonds. The zero-order chi connectivity index (χ0) is 28.2. The first-order valence-corrected chi connectivity index (χ1v) is 13.4. The molecule has 40 heavy (non-hydrogen) atoms. The quantitative estimate of drug-likeness (QED) is 0.366. The van der Waals surface area contributed by atoms with Crippen LogP contribution >= 0.6 is 0 Å². The zero-order valence-corrected chi connectivity index (χ0v) is 23.1. The zero-order valence-electron chi connectivity index (χ0n) is 23.1. The standard InChI is InChI=1S/C29H34N8O3/c1-5-25(38)35(3)14-12-30-22-10-9-11-23-26(22)37-13-7-6-8-15-40-28-21(18-31-36(28)4)24-17-20(16-19(2)32-24)27(39)34-29(37)33-23/h5,9-11,16-18,30H,1,6-8,12-15H2,2-4H3,(H,33,34,39). The minimum absolute atomic E-state index is 0.128. The number of imidazole rings is 1. The molecule has 0 fully saturated rings. The van der Waals surface area contributed by atoms with E-state index < -0.39 is 0 Å². The lowest BCUT2D eigenvalue weighted by Gasteiger charge is -2.17. The van der Waals surface area contributed by atoms with Gasteiger partial charge in [0.25, 0.3) is 5.91 Å². The highest BCUT2D eigenvalue weighted by molar-refractivity contribution is 6.05. The molecule has 1 aliphatic rings. The number of anilines is 2. The molecule has 11 nitrogen and oxygen atoms in total. The van der Waals surface area contributed by atoms with Gasteiger partial charge in [-0.15, -0.1) is 0 Å². The topological polar surface area (TPSA) is 119 Å². The smallest absolute Gasteiger partial charge is 0.258 e. The first kappa shape index (κ1) is 26.9. The summed E-state index contributed by atoms with van der Waals surface area (Å²) >= 11 is 0. The number of hydrogen-bond donors (Lipinski definition) is 2. The number of likely N-dealkylation sites (N-methyl/N-ethyl adjacent to an activating group) is 1. The van der Waals surface area contributed by atoms with Crippen molar-refractivity contribution in [2.75, 3.05) is 37.4 Å². The Labute approximate surface area is 232 Å². The van der Waals surface area contributed by atoms with E-state index in [9.17, 15) is 9.59 Å². The van der Waals surface area contributed by atoms with Crippen LogP contribution in [0.25, 0.3) is 22.3 Å². The molecule has 0 spiro atoms. The summed E-state index contributed by atoms with van der Waals surface area (Å²) in [5.74, 6) is 0.715. The molecule has 1 aromatic carbocycles. The summed E-state index contributed by atoms with van der Waals surface area (Å²) in [5.41, 5.74) is 5.12. The van der Waals surface area contributed by atoms with Gasteiger partial charge in [0.15, 0.2) is 0 Å². The van der Waals surface area contributed by atoms with E-state index in [1.807, 2.05) is 32.2 Å². The second-order valence-corrected chi connectivity index (χ2v) is 9.88. The normalized spacial score (nSPS) is 13.7. The molecule has 0 saturated carbocycles. The number of nitrogens with zero attached hydrogens (tertiary/aromatic N) is 6. The van der Waals surface area contributed by atoms with E-state index >= 15 is 0 Å². The molecule has 3 aromatic heterocycles. The van der Waals surface area contributed by atoms with E-state index in [-0.39, 0.29) is 11.8 Å². The molecular formula is C29H34N8O3. The second kappa shape index (κ2) is 11.6. The summed E-state index contributed by atoms with van der Waals surface area (Å²) in [6.07, 6.45) is 5.68. The maximum Gasteiger partial charge on any atom is 0.258 e. The lowest BCUT2D eigenvalue weighted by Crippen LogP contribution is -2.29. The van der Waals surface area contributed by atoms with Crippen molar-refractivity contribution in [3.8, 4) is 17.1 Å². The number of carbonyl (C=O) groups excluding carboxylic acids is 2. The molecule has 0 aliphatic carbocycles. The number of ether oxygens (including phenoxy) is 1. The number of hydrogen-bond acceptors (Lipinski definition) is 7. The number of pyridine rings is 1. The Morgan fingerprint density at radius 1 is 1.25 bits per heavy atom. The van der Waals surface area contributed by atoms with Crippen LogP contribution in [0.2, 0.25) is 0 Å². The fourth-order valence-corrected chi connectivity index (χ4v) is 4.87. The molecule has 4 heterocycles. The number of aryl methyl sites for hydroxylation is 3. The van der Waals surface area contributed by atoms with Gasteiger partial charge in [-0.3, -0.25) is 19.9 Å². The van der Waals surface area contributed by atoms with E-state index in [1.165, 1.54) is 6.08 Å². The molecule has 0 saturated heterocycles. The van der Waals surface area contributed by atoms with Gasteiger partial charge in [-0.1, -0.05) is 12.6 Å². The number of amides is 2. The molecule has 0 atom stereocenters. The Morgan fingerprint density at radius 2 is 2.10 bits per heavy atom. The fourth-order valence-electron chi connectivity index (χ4n) is 4.87. The highest BCUT2D eigenvalue weighted by Gasteiger charge is 2.20. The molecular weight excluding hydrogens is 508 g/mol. The van der Waals surface area contributed by atoms with Gasteiger partial charge >= 0.3 is 0 Å². The van der Waals surface area contributed by atoms with Crippen molar-refractivity contribution in [2.24, 2.45) is 7.05 Å².